The third-order valence-corrected chi connectivity index (χ3v) is 14.6. The predicted molar refractivity (Wildman–Crippen MR) is 300 cm³/mol. The van der Waals surface area contributed by atoms with Gasteiger partial charge in [0.1, 0.15) is 11.6 Å². The molecule has 1 aliphatic carbocycles. The molecule has 0 saturated heterocycles. The third kappa shape index (κ3) is 10.0. The SMILES string of the molecule is [2H]C1(c2ccccc2)CCC([2H])(c2ccc(-c3ccnc(-c4[c-]c(-c5cccc6c5nc(-c5cc(C(C)(C)C)cc(-c7ccccc7)c5O)n6-c5ccc(C(C)(C)C)cc5-c5ccccc5)ccc4)c3)cc2)CC1.[Pt]. The molecule has 4 nitrogen and oxygen atoms in total. The molecule has 1 fully saturated rings. The van der Waals surface area contributed by atoms with Gasteiger partial charge >= 0.3 is 0 Å². The number of aromatic hydroxyl groups is 1. The van der Waals surface area contributed by atoms with Gasteiger partial charge in [-0.05, 0) is 129 Å². The zero-order valence-corrected chi connectivity index (χ0v) is 44.8. The van der Waals surface area contributed by atoms with Crippen molar-refractivity contribution in [3.8, 4) is 78.6 Å². The van der Waals surface area contributed by atoms with Crippen molar-refractivity contribution >= 4 is 11.0 Å². The van der Waals surface area contributed by atoms with Crippen molar-refractivity contribution in [2.75, 3.05) is 0 Å². The normalized spacial score (nSPS) is 17.4. The first kappa shape index (κ1) is 46.9. The molecule has 0 radical (unpaired) electrons. The van der Waals surface area contributed by atoms with E-state index in [1.54, 1.807) is 0 Å². The molecular weight excluding hydrogens is 1070 g/mol. The Kier molecular flexibility index (Phi) is 13.1. The zero-order valence-electron chi connectivity index (χ0n) is 44.5. The minimum absolute atomic E-state index is 0. The summed E-state index contributed by atoms with van der Waals surface area (Å²) in [5.41, 5.74) is 16.7. The van der Waals surface area contributed by atoms with Crippen molar-refractivity contribution in [3.63, 3.8) is 0 Å². The van der Waals surface area contributed by atoms with Gasteiger partial charge in [-0.1, -0.05) is 192 Å². The van der Waals surface area contributed by atoms with E-state index < -0.39 is 11.8 Å². The molecule has 0 unspecified atom stereocenters. The monoisotopic (exact) mass is 1130 g/mol. The number of para-hydroxylation sites is 1. The van der Waals surface area contributed by atoms with Gasteiger partial charge < -0.3 is 5.11 Å². The molecular formula is C68H62N3OPt-. The first-order valence-corrected chi connectivity index (χ1v) is 25.4. The summed E-state index contributed by atoms with van der Waals surface area (Å²) in [5, 5.41) is 12.6. The molecule has 0 spiro atoms. The summed E-state index contributed by atoms with van der Waals surface area (Å²) in [6.45, 7) is 13.4. The number of hydrogen-bond donors (Lipinski definition) is 1. The van der Waals surface area contributed by atoms with Gasteiger partial charge in [0, 0.05) is 46.8 Å². The van der Waals surface area contributed by atoms with Gasteiger partial charge in [-0.25, -0.2) is 4.98 Å². The van der Waals surface area contributed by atoms with Gasteiger partial charge in [0.25, 0.3) is 0 Å². The number of fused-ring (bicyclic) bond motifs is 1. The molecule has 8 aromatic carbocycles. The summed E-state index contributed by atoms with van der Waals surface area (Å²) in [6, 6.07) is 70.7. The fourth-order valence-corrected chi connectivity index (χ4v) is 10.4. The van der Waals surface area contributed by atoms with Gasteiger partial charge in [0.2, 0.25) is 0 Å². The van der Waals surface area contributed by atoms with Gasteiger partial charge in [-0.2, -0.15) is 0 Å². The Morgan fingerprint density at radius 1 is 0.507 bits per heavy atom. The number of imidazole rings is 1. The van der Waals surface area contributed by atoms with Crippen molar-refractivity contribution in [2.24, 2.45) is 0 Å². The van der Waals surface area contributed by atoms with Crippen LogP contribution in [0.5, 0.6) is 5.75 Å². The molecule has 0 aliphatic heterocycles. The van der Waals surface area contributed by atoms with Crippen molar-refractivity contribution in [1.29, 1.82) is 0 Å². The fraction of sp³-hybridized carbons (Fsp3) is 0.206. The Labute approximate surface area is 449 Å². The van der Waals surface area contributed by atoms with Crippen LogP contribution in [0.4, 0.5) is 0 Å². The van der Waals surface area contributed by atoms with E-state index in [1.165, 1.54) is 5.56 Å². The summed E-state index contributed by atoms with van der Waals surface area (Å²) < 4.78 is 21.0. The molecule has 366 valence electrons. The maximum absolute atomic E-state index is 12.6. The molecule has 11 rings (SSSR count). The second-order valence-corrected chi connectivity index (χ2v) is 21.4. The molecule has 2 heterocycles. The molecule has 1 saturated carbocycles. The van der Waals surface area contributed by atoms with Crippen LogP contribution in [-0.2, 0) is 31.9 Å². The van der Waals surface area contributed by atoms with Gasteiger partial charge in [0.15, 0.2) is 0 Å². The Balaban J connectivity index is 0.00000641. The van der Waals surface area contributed by atoms with Crippen LogP contribution < -0.4 is 0 Å². The summed E-state index contributed by atoms with van der Waals surface area (Å²) in [4.78, 5) is 10.5. The first-order chi connectivity index (χ1) is 35.6. The number of phenolic OH excluding ortho intramolecular Hbond substituents is 1. The number of pyridine rings is 1. The second kappa shape index (κ2) is 20.4. The fourth-order valence-electron chi connectivity index (χ4n) is 10.4. The Bertz CT molecular complexity index is 3660. The van der Waals surface area contributed by atoms with Crippen LogP contribution in [0.3, 0.4) is 0 Å². The molecule has 2 aromatic heterocycles. The standard InChI is InChI=1S/C68H62N3O.Pt/c1-67(2,3)55-36-37-62(58(42-55)50-20-12-8-13-21-50)71-63-27-17-26-57(64(63)70-66(71)60-44-56(68(4,5)6)43-59(65(60)72)51-22-14-9-15-23-51)53-24-16-25-54(40-53)61-41-52(38-39-69-61)49-34-32-48(33-35-49)47-30-28-46(29-31-47)45-18-10-7-11-19-45;/h7-27,32-39,41-44,46-47,72H,28-31H2,1-6H3;/q-1;/i46D,47D;. The molecule has 0 atom stereocenters. The van der Waals surface area contributed by atoms with Crippen molar-refractivity contribution in [1.82, 2.24) is 14.5 Å². The van der Waals surface area contributed by atoms with E-state index in [0.717, 1.165) is 89.2 Å². The van der Waals surface area contributed by atoms with Crippen molar-refractivity contribution < 1.29 is 28.9 Å². The largest absolute Gasteiger partial charge is 0.507 e. The van der Waals surface area contributed by atoms with Gasteiger partial charge in [0.05, 0.1) is 22.3 Å². The van der Waals surface area contributed by atoms with Crippen molar-refractivity contribution in [3.05, 3.63) is 229 Å². The minimum Gasteiger partial charge on any atom is -0.507 e. The summed E-state index contributed by atoms with van der Waals surface area (Å²) >= 11 is 0. The molecule has 5 heteroatoms. The van der Waals surface area contributed by atoms with E-state index in [0.29, 0.717) is 37.1 Å². The van der Waals surface area contributed by atoms with Crippen LogP contribution in [0.1, 0.15) is 104 Å². The number of aromatic nitrogens is 3. The van der Waals surface area contributed by atoms with E-state index in [-0.39, 0.29) is 37.6 Å². The van der Waals surface area contributed by atoms with Crippen LogP contribution in [-0.4, -0.2) is 19.6 Å². The Morgan fingerprint density at radius 2 is 1.07 bits per heavy atom. The summed E-state index contributed by atoms with van der Waals surface area (Å²) in [7, 11) is 0. The quantitative estimate of drug-likeness (QED) is 0.147. The number of nitrogens with zero attached hydrogens (tertiary/aromatic N) is 3. The maximum Gasteiger partial charge on any atom is 0.148 e. The van der Waals surface area contributed by atoms with Gasteiger partial charge in [-0.3, -0.25) is 9.55 Å². The topological polar surface area (TPSA) is 50.9 Å². The molecule has 0 amide bonds. The number of rotatable bonds is 9. The molecule has 73 heavy (non-hydrogen) atoms. The number of phenols is 1. The van der Waals surface area contributed by atoms with Gasteiger partial charge in [-0.15, -0.1) is 29.8 Å². The number of benzene rings is 8. The van der Waals surface area contributed by atoms with E-state index in [2.05, 4.69) is 204 Å². The molecule has 1 aliphatic rings. The van der Waals surface area contributed by atoms with Crippen LogP contribution in [0.2, 0.25) is 0 Å². The smallest absolute Gasteiger partial charge is 0.148 e. The van der Waals surface area contributed by atoms with E-state index in [1.807, 2.05) is 48.7 Å². The molecule has 0 bridgehead atoms. The second-order valence-electron chi connectivity index (χ2n) is 21.4. The molecule has 10 aromatic rings. The average molecular weight is 1130 g/mol. The van der Waals surface area contributed by atoms with Crippen molar-refractivity contribution in [2.45, 2.75) is 89.8 Å². The predicted octanol–water partition coefficient (Wildman–Crippen LogP) is 18.0. The Hall–Kier alpha value is -7.13. The summed E-state index contributed by atoms with van der Waals surface area (Å²) in [5.74, 6) is -0.552. The minimum atomic E-state index is -0.723. The average Bonchev–Trinajstić information content (AvgIpc) is 3.83. The summed E-state index contributed by atoms with van der Waals surface area (Å²) in [6.07, 6.45) is 4.47. The Morgan fingerprint density at radius 3 is 1.71 bits per heavy atom. The van der Waals surface area contributed by atoms with E-state index in [4.69, 9.17) is 9.97 Å². The first-order valence-electron chi connectivity index (χ1n) is 26.4. The third-order valence-electron chi connectivity index (χ3n) is 14.6. The number of hydrogen-bond acceptors (Lipinski definition) is 3. The maximum atomic E-state index is 12.6. The van der Waals surface area contributed by atoms with E-state index >= 15 is 0 Å². The van der Waals surface area contributed by atoms with E-state index in [9.17, 15) is 7.85 Å². The van der Waals surface area contributed by atoms with Crippen LogP contribution in [0.25, 0.3) is 83.9 Å². The van der Waals surface area contributed by atoms with Crippen LogP contribution in [0, 0.1) is 6.07 Å². The zero-order chi connectivity index (χ0) is 51.4. The van der Waals surface area contributed by atoms with Crippen LogP contribution >= 0.6 is 0 Å². The van der Waals surface area contributed by atoms with Crippen LogP contribution in [0.15, 0.2) is 200 Å². The molecule has 1 N–H and O–H groups in total.